The minimum Gasteiger partial charge on any atom is -0.357 e. The Balaban J connectivity index is 1.77. The summed E-state index contributed by atoms with van der Waals surface area (Å²) in [6, 6.07) is 4.24. The Hall–Kier alpha value is -2.11. The van der Waals surface area contributed by atoms with Gasteiger partial charge in [-0.1, -0.05) is 25.3 Å². The van der Waals surface area contributed by atoms with Gasteiger partial charge >= 0.3 is 0 Å². The number of nitrogens with zero attached hydrogens (tertiary/aromatic N) is 2. The van der Waals surface area contributed by atoms with E-state index in [0.717, 1.165) is 18.1 Å². The average molecular weight is 331 g/mol. The molecule has 0 aromatic carbocycles. The van der Waals surface area contributed by atoms with Crippen LogP contribution in [0, 0.1) is 6.92 Å². The Labute approximate surface area is 144 Å². The SMILES string of the molecule is CCNC(=NCCC(=O)Nc1ccc(C)cn1)NC1CCCCC1. The second kappa shape index (κ2) is 9.90. The number of aliphatic imine (C=N–C) groups is 1. The summed E-state index contributed by atoms with van der Waals surface area (Å²) in [5, 5.41) is 9.53. The van der Waals surface area contributed by atoms with Crippen LogP contribution in [0.3, 0.4) is 0 Å². The molecule has 6 heteroatoms. The lowest BCUT2D eigenvalue weighted by atomic mass is 9.96. The summed E-state index contributed by atoms with van der Waals surface area (Å²) >= 11 is 0. The molecule has 0 radical (unpaired) electrons. The van der Waals surface area contributed by atoms with E-state index in [1.165, 1.54) is 32.1 Å². The van der Waals surface area contributed by atoms with Crippen molar-refractivity contribution in [3.63, 3.8) is 0 Å². The highest BCUT2D eigenvalue weighted by Crippen LogP contribution is 2.17. The van der Waals surface area contributed by atoms with Crippen LogP contribution in [0.5, 0.6) is 0 Å². The molecular formula is C18H29N5O. The number of aryl methyl sites for hydroxylation is 1. The summed E-state index contributed by atoms with van der Waals surface area (Å²) < 4.78 is 0. The number of guanidine groups is 1. The van der Waals surface area contributed by atoms with Crippen molar-refractivity contribution >= 4 is 17.7 Å². The number of carbonyl (C=O) groups is 1. The number of hydrogen-bond donors (Lipinski definition) is 3. The van der Waals surface area contributed by atoms with Gasteiger partial charge in [0, 0.05) is 25.2 Å². The third kappa shape index (κ3) is 6.56. The summed E-state index contributed by atoms with van der Waals surface area (Å²) in [5.41, 5.74) is 1.07. The molecule has 0 aliphatic heterocycles. The van der Waals surface area contributed by atoms with Crippen molar-refractivity contribution in [3.05, 3.63) is 23.9 Å². The van der Waals surface area contributed by atoms with Crippen LogP contribution in [0.4, 0.5) is 5.82 Å². The van der Waals surface area contributed by atoms with E-state index in [1.807, 2.05) is 26.0 Å². The second-order valence-electron chi connectivity index (χ2n) is 6.26. The van der Waals surface area contributed by atoms with E-state index in [-0.39, 0.29) is 5.91 Å². The van der Waals surface area contributed by atoms with Crippen LogP contribution in [-0.4, -0.2) is 36.0 Å². The van der Waals surface area contributed by atoms with Crippen molar-refractivity contribution in [2.45, 2.75) is 58.4 Å². The van der Waals surface area contributed by atoms with Crippen LogP contribution in [0.1, 0.15) is 51.0 Å². The number of pyridine rings is 1. The van der Waals surface area contributed by atoms with E-state index in [9.17, 15) is 4.79 Å². The van der Waals surface area contributed by atoms with Gasteiger partial charge < -0.3 is 16.0 Å². The zero-order valence-electron chi connectivity index (χ0n) is 14.8. The van der Waals surface area contributed by atoms with Crippen LogP contribution in [-0.2, 0) is 4.79 Å². The summed E-state index contributed by atoms with van der Waals surface area (Å²) in [4.78, 5) is 20.7. The quantitative estimate of drug-likeness (QED) is 0.553. The first-order valence-corrected chi connectivity index (χ1v) is 8.94. The Morgan fingerprint density at radius 2 is 2.08 bits per heavy atom. The monoisotopic (exact) mass is 331 g/mol. The maximum atomic E-state index is 12.0. The van der Waals surface area contributed by atoms with Gasteiger partial charge in [-0.25, -0.2) is 4.98 Å². The largest absolute Gasteiger partial charge is 0.357 e. The number of anilines is 1. The maximum absolute atomic E-state index is 12.0. The molecule has 0 bridgehead atoms. The van der Waals surface area contributed by atoms with Gasteiger partial charge in [0.2, 0.25) is 5.91 Å². The summed E-state index contributed by atoms with van der Waals surface area (Å²) in [6.45, 7) is 5.29. The van der Waals surface area contributed by atoms with Gasteiger partial charge in [0.05, 0.1) is 6.54 Å². The predicted octanol–water partition coefficient (Wildman–Crippen LogP) is 2.61. The van der Waals surface area contributed by atoms with Crippen LogP contribution < -0.4 is 16.0 Å². The molecule has 6 nitrogen and oxygen atoms in total. The normalized spacial score (nSPS) is 15.8. The summed E-state index contributed by atoms with van der Waals surface area (Å²) in [6.07, 6.45) is 8.38. The van der Waals surface area contributed by atoms with Crippen molar-refractivity contribution < 1.29 is 4.79 Å². The smallest absolute Gasteiger partial charge is 0.227 e. The number of rotatable bonds is 6. The fourth-order valence-electron chi connectivity index (χ4n) is 2.78. The Kier molecular flexibility index (Phi) is 7.52. The number of nitrogens with one attached hydrogen (secondary N) is 3. The second-order valence-corrected chi connectivity index (χ2v) is 6.26. The van der Waals surface area contributed by atoms with E-state index < -0.39 is 0 Å². The highest BCUT2D eigenvalue weighted by Gasteiger charge is 2.14. The zero-order chi connectivity index (χ0) is 17.2. The molecule has 1 heterocycles. The van der Waals surface area contributed by atoms with E-state index in [1.54, 1.807) is 6.20 Å². The van der Waals surface area contributed by atoms with Crippen molar-refractivity contribution in [3.8, 4) is 0 Å². The summed E-state index contributed by atoms with van der Waals surface area (Å²) in [7, 11) is 0. The number of carbonyl (C=O) groups excluding carboxylic acids is 1. The number of aromatic nitrogens is 1. The molecule has 1 saturated carbocycles. The molecular weight excluding hydrogens is 302 g/mol. The van der Waals surface area contributed by atoms with Crippen molar-refractivity contribution in [2.24, 2.45) is 4.99 Å². The molecule has 0 spiro atoms. The lowest BCUT2D eigenvalue weighted by Gasteiger charge is -2.24. The lowest BCUT2D eigenvalue weighted by molar-refractivity contribution is -0.116. The third-order valence-electron chi connectivity index (χ3n) is 4.08. The van der Waals surface area contributed by atoms with Crippen molar-refractivity contribution in [1.29, 1.82) is 0 Å². The minimum atomic E-state index is -0.0661. The van der Waals surface area contributed by atoms with E-state index in [0.29, 0.717) is 24.8 Å². The van der Waals surface area contributed by atoms with Gasteiger partial charge in [0.25, 0.3) is 0 Å². The molecule has 0 atom stereocenters. The molecule has 1 fully saturated rings. The summed E-state index contributed by atoms with van der Waals surface area (Å²) in [5.74, 6) is 1.33. The Bertz CT molecular complexity index is 535. The first-order chi connectivity index (χ1) is 11.7. The van der Waals surface area contributed by atoms with E-state index in [2.05, 4.69) is 25.9 Å². The maximum Gasteiger partial charge on any atom is 0.227 e. The van der Waals surface area contributed by atoms with Crippen molar-refractivity contribution in [1.82, 2.24) is 15.6 Å². The zero-order valence-corrected chi connectivity index (χ0v) is 14.8. The number of hydrogen-bond acceptors (Lipinski definition) is 3. The Morgan fingerprint density at radius 1 is 1.29 bits per heavy atom. The highest BCUT2D eigenvalue weighted by molar-refractivity contribution is 5.90. The van der Waals surface area contributed by atoms with Crippen LogP contribution in [0.15, 0.2) is 23.3 Å². The minimum absolute atomic E-state index is 0.0661. The molecule has 0 unspecified atom stereocenters. The van der Waals surface area contributed by atoms with Crippen molar-refractivity contribution in [2.75, 3.05) is 18.4 Å². The molecule has 1 aliphatic rings. The molecule has 0 saturated heterocycles. The molecule has 1 aliphatic carbocycles. The molecule has 24 heavy (non-hydrogen) atoms. The van der Waals surface area contributed by atoms with Crippen LogP contribution in [0.2, 0.25) is 0 Å². The fourth-order valence-corrected chi connectivity index (χ4v) is 2.78. The van der Waals surface area contributed by atoms with E-state index in [4.69, 9.17) is 0 Å². The van der Waals surface area contributed by atoms with Gasteiger partial charge in [-0.3, -0.25) is 9.79 Å². The molecule has 132 valence electrons. The third-order valence-corrected chi connectivity index (χ3v) is 4.08. The van der Waals surface area contributed by atoms with Gasteiger partial charge in [0.1, 0.15) is 5.82 Å². The lowest BCUT2D eigenvalue weighted by Crippen LogP contribution is -2.44. The molecule has 1 amide bonds. The highest BCUT2D eigenvalue weighted by atomic mass is 16.1. The molecule has 2 rings (SSSR count). The topological polar surface area (TPSA) is 78.4 Å². The van der Waals surface area contributed by atoms with Gasteiger partial charge in [0.15, 0.2) is 5.96 Å². The first-order valence-electron chi connectivity index (χ1n) is 8.94. The fraction of sp³-hybridized carbons (Fsp3) is 0.611. The average Bonchev–Trinajstić information content (AvgIpc) is 2.58. The predicted molar refractivity (Wildman–Crippen MR) is 98.2 cm³/mol. The molecule has 1 aromatic heterocycles. The van der Waals surface area contributed by atoms with E-state index >= 15 is 0 Å². The first kappa shape index (κ1) is 18.2. The van der Waals surface area contributed by atoms with Gasteiger partial charge in [-0.15, -0.1) is 0 Å². The number of amides is 1. The molecule has 3 N–H and O–H groups in total. The Morgan fingerprint density at radius 3 is 2.75 bits per heavy atom. The van der Waals surface area contributed by atoms with Crippen LogP contribution >= 0.6 is 0 Å². The van der Waals surface area contributed by atoms with Crippen LogP contribution in [0.25, 0.3) is 0 Å². The standard InChI is InChI=1S/C18H29N5O/c1-3-19-18(22-15-7-5-4-6-8-15)20-12-11-17(24)23-16-10-9-14(2)13-21-16/h9-10,13,15H,3-8,11-12H2,1-2H3,(H2,19,20,22)(H,21,23,24). The van der Waals surface area contributed by atoms with Gasteiger partial charge in [-0.05, 0) is 38.3 Å². The van der Waals surface area contributed by atoms with Gasteiger partial charge in [-0.2, -0.15) is 0 Å². The molecule has 1 aromatic rings.